The van der Waals surface area contributed by atoms with Crippen LogP contribution >= 0.6 is 0 Å². The van der Waals surface area contributed by atoms with Crippen molar-refractivity contribution in [2.45, 2.75) is 26.3 Å². The van der Waals surface area contributed by atoms with Gasteiger partial charge in [-0.15, -0.1) is 0 Å². The number of rotatable bonds is 1. The Balaban J connectivity index is 1.98. The van der Waals surface area contributed by atoms with Gasteiger partial charge in [0, 0.05) is 5.69 Å². The minimum atomic E-state index is -0.162. The van der Waals surface area contributed by atoms with Gasteiger partial charge >= 0.3 is 0 Å². The lowest BCUT2D eigenvalue weighted by molar-refractivity contribution is 0.476. The maximum absolute atomic E-state index is 13.2. The zero-order chi connectivity index (χ0) is 13.4. The fourth-order valence-corrected chi connectivity index (χ4v) is 2.99. The molecule has 1 aliphatic rings. The fourth-order valence-electron chi connectivity index (χ4n) is 2.99. The second-order valence-corrected chi connectivity index (χ2v) is 5.46. The van der Waals surface area contributed by atoms with Crippen LogP contribution in [0.25, 0.3) is 0 Å². The molecular weight excluding hydrogens is 237 g/mol. The van der Waals surface area contributed by atoms with E-state index in [1.165, 1.54) is 16.8 Å². The van der Waals surface area contributed by atoms with Crippen LogP contribution in [0.4, 0.5) is 10.1 Å². The van der Waals surface area contributed by atoms with Crippen molar-refractivity contribution in [3.63, 3.8) is 0 Å². The molecule has 0 bridgehead atoms. The lowest BCUT2D eigenvalue weighted by Crippen LogP contribution is -2.26. The van der Waals surface area contributed by atoms with Crippen LogP contribution in [0.15, 0.2) is 42.5 Å². The number of hydrogen-bond acceptors (Lipinski definition) is 1. The van der Waals surface area contributed by atoms with Gasteiger partial charge in [0.25, 0.3) is 0 Å². The molecule has 0 radical (unpaired) electrons. The van der Waals surface area contributed by atoms with Gasteiger partial charge in [0.15, 0.2) is 0 Å². The minimum absolute atomic E-state index is 0.162. The van der Waals surface area contributed by atoms with E-state index >= 15 is 0 Å². The van der Waals surface area contributed by atoms with Crippen molar-refractivity contribution < 1.29 is 4.39 Å². The van der Waals surface area contributed by atoms with Crippen molar-refractivity contribution in [3.05, 3.63) is 65.0 Å². The number of anilines is 1. The van der Waals surface area contributed by atoms with E-state index in [1.54, 1.807) is 12.1 Å². The maximum atomic E-state index is 13.2. The topological polar surface area (TPSA) is 12.0 Å². The van der Waals surface area contributed by atoms with Crippen molar-refractivity contribution in [1.29, 1.82) is 0 Å². The molecule has 2 atom stereocenters. The predicted molar refractivity (Wildman–Crippen MR) is 76.8 cm³/mol. The third-order valence-electron chi connectivity index (χ3n) is 4.01. The van der Waals surface area contributed by atoms with Crippen LogP contribution in [0.1, 0.15) is 29.7 Å². The molecule has 1 aliphatic heterocycles. The maximum Gasteiger partial charge on any atom is 0.123 e. The summed E-state index contributed by atoms with van der Waals surface area (Å²) >= 11 is 0. The highest BCUT2D eigenvalue weighted by Gasteiger charge is 2.26. The summed E-state index contributed by atoms with van der Waals surface area (Å²) in [4.78, 5) is 0. The Hall–Kier alpha value is -1.83. The van der Waals surface area contributed by atoms with Gasteiger partial charge in [-0.1, -0.05) is 31.2 Å². The van der Waals surface area contributed by atoms with E-state index in [0.29, 0.717) is 5.92 Å². The molecule has 0 amide bonds. The van der Waals surface area contributed by atoms with E-state index in [-0.39, 0.29) is 11.9 Å². The monoisotopic (exact) mass is 255 g/mol. The largest absolute Gasteiger partial charge is 0.378 e. The van der Waals surface area contributed by atoms with E-state index in [0.717, 1.165) is 12.0 Å². The predicted octanol–water partition coefficient (Wildman–Crippen LogP) is 4.48. The number of halogens is 1. The fraction of sp³-hybridized carbons (Fsp3) is 0.294. The van der Waals surface area contributed by atoms with Gasteiger partial charge in [-0.05, 0) is 54.2 Å². The van der Waals surface area contributed by atoms with Gasteiger partial charge in [-0.2, -0.15) is 0 Å². The first-order valence-corrected chi connectivity index (χ1v) is 6.75. The molecule has 0 spiro atoms. The third-order valence-corrected chi connectivity index (χ3v) is 4.01. The zero-order valence-electron chi connectivity index (χ0n) is 11.3. The highest BCUT2D eigenvalue weighted by Crippen LogP contribution is 2.37. The lowest BCUT2D eigenvalue weighted by Gasteiger charge is -2.34. The van der Waals surface area contributed by atoms with Crippen LogP contribution in [0.5, 0.6) is 0 Å². The normalized spacial score (nSPS) is 21.6. The average Bonchev–Trinajstić information content (AvgIpc) is 2.38. The molecule has 19 heavy (non-hydrogen) atoms. The molecule has 0 aromatic heterocycles. The van der Waals surface area contributed by atoms with Crippen molar-refractivity contribution in [2.24, 2.45) is 5.92 Å². The quantitative estimate of drug-likeness (QED) is 0.792. The van der Waals surface area contributed by atoms with Crippen LogP contribution in [0.2, 0.25) is 0 Å². The van der Waals surface area contributed by atoms with Gasteiger partial charge in [0.2, 0.25) is 0 Å². The number of fused-ring (bicyclic) bond motifs is 1. The molecule has 2 aromatic rings. The molecule has 0 aliphatic carbocycles. The Morgan fingerprint density at radius 1 is 1.16 bits per heavy atom. The van der Waals surface area contributed by atoms with Gasteiger partial charge in [-0.25, -0.2) is 4.39 Å². The first-order valence-electron chi connectivity index (χ1n) is 6.75. The number of hydrogen-bond donors (Lipinski definition) is 1. The van der Waals surface area contributed by atoms with Crippen LogP contribution in [-0.2, 0) is 6.42 Å². The smallest absolute Gasteiger partial charge is 0.123 e. The molecule has 2 aromatic carbocycles. The zero-order valence-corrected chi connectivity index (χ0v) is 11.3. The van der Waals surface area contributed by atoms with Crippen LogP contribution in [0.3, 0.4) is 0 Å². The molecule has 2 unspecified atom stereocenters. The Labute approximate surface area is 113 Å². The first kappa shape index (κ1) is 12.2. The molecule has 0 saturated heterocycles. The van der Waals surface area contributed by atoms with Crippen molar-refractivity contribution in [1.82, 2.24) is 0 Å². The Bertz CT molecular complexity index is 606. The molecule has 2 heteroatoms. The standard InChI is InChI=1S/C17H18FN/c1-11-10-14(18)7-8-15(11)17-12(2)9-13-5-3-4-6-16(13)19-17/h3-8,10,12,17,19H,9H2,1-2H3. The van der Waals surface area contributed by atoms with E-state index in [4.69, 9.17) is 0 Å². The Morgan fingerprint density at radius 3 is 2.74 bits per heavy atom. The van der Waals surface area contributed by atoms with Gasteiger partial charge in [0.1, 0.15) is 5.82 Å². The van der Waals surface area contributed by atoms with E-state index in [1.807, 2.05) is 13.0 Å². The SMILES string of the molecule is Cc1cc(F)ccc1C1Nc2ccccc2CC1C. The van der Waals surface area contributed by atoms with E-state index in [2.05, 4.69) is 36.5 Å². The average molecular weight is 255 g/mol. The summed E-state index contributed by atoms with van der Waals surface area (Å²) in [5, 5.41) is 3.60. The van der Waals surface area contributed by atoms with Crippen molar-refractivity contribution in [2.75, 3.05) is 5.32 Å². The molecule has 1 N–H and O–H groups in total. The van der Waals surface area contributed by atoms with E-state index < -0.39 is 0 Å². The summed E-state index contributed by atoms with van der Waals surface area (Å²) in [7, 11) is 0. The van der Waals surface area contributed by atoms with Gasteiger partial charge in [-0.3, -0.25) is 0 Å². The number of benzene rings is 2. The van der Waals surface area contributed by atoms with Crippen LogP contribution in [0, 0.1) is 18.7 Å². The third kappa shape index (κ3) is 2.23. The molecule has 0 saturated carbocycles. The highest BCUT2D eigenvalue weighted by molar-refractivity contribution is 5.55. The molecular formula is C17H18FN. The summed E-state index contributed by atoms with van der Waals surface area (Å²) < 4.78 is 13.2. The second kappa shape index (κ2) is 4.69. The van der Waals surface area contributed by atoms with Crippen LogP contribution in [-0.4, -0.2) is 0 Å². The van der Waals surface area contributed by atoms with Gasteiger partial charge in [0.05, 0.1) is 6.04 Å². The highest BCUT2D eigenvalue weighted by atomic mass is 19.1. The molecule has 1 heterocycles. The molecule has 3 rings (SSSR count). The van der Waals surface area contributed by atoms with Crippen LogP contribution < -0.4 is 5.32 Å². The second-order valence-electron chi connectivity index (χ2n) is 5.46. The summed E-state index contributed by atoms with van der Waals surface area (Å²) in [5.41, 5.74) is 4.78. The van der Waals surface area contributed by atoms with Crippen molar-refractivity contribution >= 4 is 5.69 Å². The molecule has 0 fully saturated rings. The van der Waals surface area contributed by atoms with Crippen molar-refractivity contribution in [3.8, 4) is 0 Å². The minimum Gasteiger partial charge on any atom is -0.378 e. The van der Waals surface area contributed by atoms with E-state index in [9.17, 15) is 4.39 Å². The summed E-state index contributed by atoms with van der Waals surface area (Å²) in [5.74, 6) is 0.337. The summed E-state index contributed by atoms with van der Waals surface area (Å²) in [6, 6.07) is 13.8. The first-order chi connectivity index (χ1) is 9.15. The molecule has 98 valence electrons. The lowest BCUT2D eigenvalue weighted by atomic mass is 9.83. The summed E-state index contributed by atoms with van der Waals surface area (Å²) in [6.45, 7) is 4.23. The molecule has 1 nitrogen and oxygen atoms in total. The number of aryl methyl sites for hydroxylation is 1. The Kier molecular flexibility index (Phi) is 3.02. The summed E-state index contributed by atoms with van der Waals surface area (Å²) in [6.07, 6.45) is 1.06. The Morgan fingerprint density at radius 2 is 1.95 bits per heavy atom. The number of nitrogens with one attached hydrogen (secondary N) is 1. The number of para-hydroxylation sites is 1. The van der Waals surface area contributed by atoms with Gasteiger partial charge < -0.3 is 5.32 Å².